The molecule has 0 aliphatic carbocycles. The average molecular weight is 182 g/mol. The van der Waals surface area contributed by atoms with Crippen molar-refractivity contribution in [3.63, 3.8) is 0 Å². The molecule has 1 saturated heterocycles. The highest BCUT2D eigenvalue weighted by atomic mass is 35.5. The maximum atomic E-state index is 10.6. The maximum Gasteiger partial charge on any atom is 0.328 e. The van der Waals surface area contributed by atoms with Gasteiger partial charge in [-0.1, -0.05) is 0 Å². The zero-order chi connectivity index (χ0) is 7.78. The molecule has 0 aromatic carbocycles. The summed E-state index contributed by atoms with van der Waals surface area (Å²) in [6.45, 7) is 0.602. The third-order valence-electron chi connectivity index (χ3n) is 1.94. The molecule has 0 aromatic rings. The normalized spacial score (nSPS) is 20.3. The second-order valence-electron chi connectivity index (χ2n) is 2.72. The SMILES string of the molecule is CN(C)C1(C(=O)O)COC1.Cl. The first-order valence-corrected chi connectivity index (χ1v) is 3.08. The summed E-state index contributed by atoms with van der Waals surface area (Å²) in [6.07, 6.45) is 0. The van der Waals surface area contributed by atoms with Gasteiger partial charge in [0.1, 0.15) is 0 Å². The third-order valence-corrected chi connectivity index (χ3v) is 1.94. The van der Waals surface area contributed by atoms with Crippen LogP contribution in [0.3, 0.4) is 0 Å². The van der Waals surface area contributed by atoms with Gasteiger partial charge in [0.05, 0.1) is 13.2 Å². The molecule has 0 spiro atoms. The summed E-state index contributed by atoms with van der Waals surface area (Å²) >= 11 is 0. The predicted molar refractivity (Wildman–Crippen MR) is 42.1 cm³/mol. The van der Waals surface area contributed by atoms with Crippen LogP contribution in [-0.2, 0) is 9.53 Å². The van der Waals surface area contributed by atoms with E-state index in [1.807, 2.05) is 0 Å². The monoisotopic (exact) mass is 181 g/mol. The van der Waals surface area contributed by atoms with Crippen molar-refractivity contribution in [2.45, 2.75) is 5.54 Å². The number of aliphatic carboxylic acids is 1. The summed E-state index contributed by atoms with van der Waals surface area (Å²) in [5.41, 5.74) is -0.750. The van der Waals surface area contributed by atoms with Crippen LogP contribution in [0.5, 0.6) is 0 Å². The van der Waals surface area contributed by atoms with Gasteiger partial charge < -0.3 is 9.84 Å². The van der Waals surface area contributed by atoms with E-state index in [0.29, 0.717) is 13.2 Å². The molecule has 0 saturated carbocycles. The van der Waals surface area contributed by atoms with Crippen molar-refractivity contribution >= 4 is 18.4 Å². The third kappa shape index (κ3) is 1.47. The summed E-state index contributed by atoms with van der Waals surface area (Å²) in [5, 5.41) is 8.73. The number of ether oxygens (including phenoxy) is 1. The highest BCUT2D eigenvalue weighted by molar-refractivity contribution is 5.85. The van der Waals surface area contributed by atoms with Crippen molar-refractivity contribution in [2.24, 2.45) is 0 Å². The molecular formula is C6H12ClNO3. The van der Waals surface area contributed by atoms with Crippen LogP contribution in [-0.4, -0.2) is 48.8 Å². The molecule has 0 bridgehead atoms. The van der Waals surface area contributed by atoms with Crippen molar-refractivity contribution in [2.75, 3.05) is 27.3 Å². The van der Waals surface area contributed by atoms with E-state index in [4.69, 9.17) is 9.84 Å². The molecule has 1 fully saturated rings. The molecule has 1 heterocycles. The van der Waals surface area contributed by atoms with Crippen molar-refractivity contribution in [1.29, 1.82) is 0 Å². The van der Waals surface area contributed by atoms with Gasteiger partial charge in [0.25, 0.3) is 0 Å². The molecule has 0 radical (unpaired) electrons. The van der Waals surface area contributed by atoms with Crippen LogP contribution >= 0.6 is 12.4 Å². The predicted octanol–water partition coefficient (Wildman–Crippen LogP) is -0.177. The van der Waals surface area contributed by atoms with E-state index < -0.39 is 11.5 Å². The van der Waals surface area contributed by atoms with Crippen molar-refractivity contribution in [3.05, 3.63) is 0 Å². The number of nitrogens with zero attached hydrogens (tertiary/aromatic N) is 1. The van der Waals surface area contributed by atoms with Gasteiger partial charge in [-0.2, -0.15) is 0 Å². The smallest absolute Gasteiger partial charge is 0.328 e. The van der Waals surface area contributed by atoms with Gasteiger partial charge in [-0.15, -0.1) is 12.4 Å². The number of hydrogen-bond acceptors (Lipinski definition) is 3. The first-order chi connectivity index (χ1) is 4.59. The molecule has 1 aliphatic heterocycles. The molecule has 11 heavy (non-hydrogen) atoms. The quantitative estimate of drug-likeness (QED) is 0.643. The van der Waals surface area contributed by atoms with Crippen LogP contribution in [0.1, 0.15) is 0 Å². The van der Waals surface area contributed by atoms with E-state index in [2.05, 4.69) is 0 Å². The van der Waals surface area contributed by atoms with E-state index in [1.54, 1.807) is 19.0 Å². The van der Waals surface area contributed by atoms with Gasteiger partial charge in [-0.3, -0.25) is 9.69 Å². The zero-order valence-electron chi connectivity index (χ0n) is 6.53. The van der Waals surface area contributed by atoms with Crippen LogP contribution < -0.4 is 0 Å². The minimum absolute atomic E-state index is 0. The summed E-state index contributed by atoms with van der Waals surface area (Å²) in [4.78, 5) is 12.3. The molecule has 0 aromatic heterocycles. The minimum atomic E-state index is -0.802. The lowest BCUT2D eigenvalue weighted by Crippen LogP contribution is -2.64. The lowest BCUT2D eigenvalue weighted by molar-refractivity contribution is -0.181. The van der Waals surface area contributed by atoms with Crippen LogP contribution in [0.2, 0.25) is 0 Å². The standard InChI is InChI=1S/C6H11NO3.ClH/c1-7(2)6(5(8)9)3-10-4-6;/h3-4H2,1-2H3,(H,8,9);1H. The second-order valence-corrected chi connectivity index (χ2v) is 2.72. The summed E-state index contributed by atoms with van der Waals surface area (Å²) < 4.78 is 4.84. The Morgan fingerprint density at radius 3 is 2.00 bits per heavy atom. The number of carbonyl (C=O) groups is 1. The summed E-state index contributed by atoms with van der Waals surface area (Å²) in [6, 6.07) is 0. The summed E-state index contributed by atoms with van der Waals surface area (Å²) in [7, 11) is 3.49. The van der Waals surface area contributed by atoms with Crippen LogP contribution in [0.25, 0.3) is 0 Å². The van der Waals surface area contributed by atoms with Gasteiger partial charge in [0, 0.05) is 0 Å². The van der Waals surface area contributed by atoms with Crippen LogP contribution in [0.4, 0.5) is 0 Å². The maximum absolute atomic E-state index is 10.6. The molecule has 1 rings (SSSR count). The molecule has 0 atom stereocenters. The number of rotatable bonds is 2. The van der Waals surface area contributed by atoms with E-state index >= 15 is 0 Å². The fourth-order valence-electron chi connectivity index (χ4n) is 0.868. The van der Waals surface area contributed by atoms with Crippen LogP contribution in [0.15, 0.2) is 0 Å². The van der Waals surface area contributed by atoms with Crippen molar-refractivity contribution in [3.8, 4) is 0 Å². The van der Waals surface area contributed by atoms with E-state index in [9.17, 15) is 4.79 Å². The fraction of sp³-hybridized carbons (Fsp3) is 0.833. The average Bonchev–Trinajstić information content (AvgIpc) is 1.57. The first-order valence-electron chi connectivity index (χ1n) is 3.08. The molecule has 0 amide bonds. The van der Waals surface area contributed by atoms with Gasteiger partial charge >= 0.3 is 5.97 Å². The molecule has 4 nitrogen and oxygen atoms in total. The Balaban J connectivity index is 0.000001000. The van der Waals surface area contributed by atoms with Crippen molar-refractivity contribution in [1.82, 2.24) is 4.90 Å². The zero-order valence-corrected chi connectivity index (χ0v) is 7.35. The van der Waals surface area contributed by atoms with E-state index in [-0.39, 0.29) is 12.4 Å². The Morgan fingerprint density at radius 1 is 1.55 bits per heavy atom. The second kappa shape index (κ2) is 3.38. The topological polar surface area (TPSA) is 49.8 Å². The lowest BCUT2D eigenvalue weighted by Gasteiger charge is -2.42. The summed E-state index contributed by atoms with van der Waals surface area (Å²) in [5.74, 6) is -0.802. The molecule has 1 aliphatic rings. The number of carboxylic acid groups (broad SMARTS) is 1. The van der Waals surface area contributed by atoms with Crippen LogP contribution in [0, 0.1) is 0 Å². The van der Waals surface area contributed by atoms with Crippen molar-refractivity contribution < 1.29 is 14.6 Å². The molecular weight excluding hydrogens is 170 g/mol. The lowest BCUT2D eigenvalue weighted by atomic mass is 9.96. The number of likely N-dealkylation sites (N-methyl/N-ethyl adjacent to an activating group) is 1. The number of halogens is 1. The van der Waals surface area contributed by atoms with E-state index in [0.717, 1.165) is 0 Å². The Morgan fingerprint density at radius 2 is 2.00 bits per heavy atom. The number of hydrogen-bond donors (Lipinski definition) is 1. The minimum Gasteiger partial charge on any atom is -0.480 e. The highest BCUT2D eigenvalue weighted by Crippen LogP contribution is 2.22. The van der Waals surface area contributed by atoms with Gasteiger partial charge in [-0.05, 0) is 14.1 Å². The molecule has 5 heteroatoms. The fourth-order valence-corrected chi connectivity index (χ4v) is 0.868. The molecule has 66 valence electrons. The Hall–Kier alpha value is -0.320. The molecule has 0 unspecified atom stereocenters. The van der Waals surface area contributed by atoms with Gasteiger partial charge in [-0.25, -0.2) is 0 Å². The Labute approximate surface area is 71.5 Å². The first kappa shape index (κ1) is 10.7. The Bertz CT molecular complexity index is 156. The molecule has 1 N–H and O–H groups in total. The van der Waals surface area contributed by atoms with Gasteiger partial charge in [0.2, 0.25) is 0 Å². The van der Waals surface area contributed by atoms with E-state index in [1.165, 1.54) is 0 Å². The largest absolute Gasteiger partial charge is 0.480 e. The Kier molecular flexibility index (Phi) is 3.29. The number of carboxylic acids is 1. The highest BCUT2D eigenvalue weighted by Gasteiger charge is 2.48. The van der Waals surface area contributed by atoms with Gasteiger partial charge in [0.15, 0.2) is 5.54 Å².